The van der Waals surface area contributed by atoms with Crippen molar-refractivity contribution in [1.29, 1.82) is 0 Å². The van der Waals surface area contributed by atoms with Crippen LogP contribution in [-0.2, 0) is 4.74 Å². The largest absolute Gasteiger partial charge is 0.497 e. The molecule has 0 saturated heterocycles. The van der Waals surface area contributed by atoms with Crippen LogP contribution in [0.5, 0.6) is 0 Å². The highest BCUT2D eigenvalue weighted by atomic mass is 16.5. The van der Waals surface area contributed by atoms with Gasteiger partial charge in [0.15, 0.2) is 0 Å². The van der Waals surface area contributed by atoms with Crippen LogP contribution in [0.1, 0.15) is 0 Å². The predicted molar refractivity (Wildman–Crippen MR) is 54.8 cm³/mol. The van der Waals surface area contributed by atoms with E-state index in [-0.39, 0.29) is 0 Å². The van der Waals surface area contributed by atoms with E-state index in [0.717, 1.165) is 6.61 Å². The van der Waals surface area contributed by atoms with Gasteiger partial charge in [0.1, 0.15) is 6.61 Å². The highest BCUT2D eigenvalue weighted by molar-refractivity contribution is 5.14. The van der Waals surface area contributed by atoms with Crippen molar-refractivity contribution in [3.63, 3.8) is 0 Å². The molecule has 1 N–H and O–H groups in total. The summed E-state index contributed by atoms with van der Waals surface area (Å²) in [5.74, 6) is 0. The lowest BCUT2D eigenvalue weighted by Crippen LogP contribution is -1.87. The third-order valence-electron chi connectivity index (χ3n) is 1.33. The maximum Gasteiger partial charge on any atom is 0.106 e. The van der Waals surface area contributed by atoms with Crippen molar-refractivity contribution in [2.24, 2.45) is 0 Å². The Morgan fingerprint density at radius 1 is 0.846 bits per heavy atom. The van der Waals surface area contributed by atoms with Crippen LogP contribution in [0.25, 0.3) is 0 Å². The SMILES string of the molecule is C1=CC=CNC=C1.C1=CCOC=C1. The molecule has 0 atom stereocenters. The number of nitrogens with one attached hydrogen (secondary N) is 1. The summed E-state index contributed by atoms with van der Waals surface area (Å²) >= 11 is 0. The van der Waals surface area contributed by atoms with Gasteiger partial charge in [0.2, 0.25) is 0 Å². The van der Waals surface area contributed by atoms with E-state index in [4.69, 9.17) is 4.74 Å². The van der Waals surface area contributed by atoms with Crippen LogP contribution in [0.15, 0.2) is 61.2 Å². The van der Waals surface area contributed by atoms with Gasteiger partial charge in [0.25, 0.3) is 0 Å². The van der Waals surface area contributed by atoms with Crippen molar-refractivity contribution in [3.8, 4) is 0 Å². The Morgan fingerprint density at radius 3 is 2.00 bits per heavy atom. The van der Waals surface area contributed by atoms with Crippen LogP contribution in [0.2, 0.25) is 0 Å². The zero-order valence-corrected chi connectivity index (χ0v) is 7.39. The molecule has 2 heterocycles. The van der Waals surface area contributed by atoms with Gasteiger partial charge in [-0.25, -0.2) is 0 Å². The van der Waals surface area contributed by atoms with E-state index < -0.39 is 0 Å². The molecule has 13 heavy (non-hydrogen) atoms. The molecule has 0 saturated carbocycles. The van der Waals surface area contributed by atoms with Crippen molar-refractivity contribution in [2.45, 2.75) is 0 Å². The first-order valence-corrected chi connectivity index (χ1v) is 4.18. The van der Waals surface area contributed by atoms with Gasteiger partial charge in [0, 0.05) is 12.4 Å². The lowest BCUT2D eigenvalue weighted by molar-refractivity contribution is 0.286. The third kappa shape index (κ3) is 5.56. The molecule has 0 aromatic heterocycles. The van der Waals surface area contributed by atoms with E-state index in [1.165, 1.54) is 0 Å². The van der Waals surface area contributed by atoms with Crippen molar-refractivity contribution in [1.82, 2.24) is 5.32 Å². The van der Waals surface area contributed by atoms with Crippen LogP contribution in [0.4, 0.5) is 0 Å². The molecule has 2 aliphatic rings. The van der Waals surface area contributed by atoms with Crippen LogP contribution in [0.3, 0.4) is 0 Å². The Hall–Kier alpha value is -1.70. The van der Waals surface area contributed by atoms with Gasteiger partial charge in [-0.05, 0) is 24.3 Å². The van der Waals surface area contributed by atoms with Gasteiger partial charge in [-0.2, -0.15) is 0 Å². The Bertz CT molecular complexity index is 233. The summed E-state index contributed by atoms with van der Waals surface area (Å²) in [6.07, 6.45) is 19.0. The Kier molecular flexibility index (Phi) is 5.04. The van der Waals surface area contributed by atoms with E-state index in [0.29, 0.717) is 0 Å². The molecule has 0 aliphatic carbocycles. The normalized spacial score (nSPS) is 16.6. The summed E-state index contributed by atoms with van der Waals surface area (Å²) in [5.41, 5.74) is 0. The maximum absolute atomic E-state index is 4.80. The van der Waals surface area contributed by atoms with Crippen LogP contribution in [0, 0.1) is 0 Å². The number of ether oxygens (including phenoxy) is 1. The Labute approximate surface area is 78.6 Å². The summed E-state index contributed by atoms with van der Waals surface area (Å²) in [6, 6.07) is 0. The molecule has 0 spiro atoms. The lowest BCUT2D eigenvalue weighted by Gasteiger charge is -1.94. The van der Waals surface area contributed by atoms with E-state index in [9.17, 15) is 0 Å². The fraction of sp³-hybridized carbons (Fsp3) is 0.0909. The first-order chi connectivity index (χ1) is 6.50. The smallest absolute Gasteiger partial charge is 0.106 e. The van der Waals surface area contributed by atoms with Crippen LogP contribution >= 0.6 is 0 Å². The average Bonchev–Trinajstić information content (AvgIpc) is 2.53. The molecule has 0 unspecified atom stereocenters. The van der Waals surface area contributed by atoms with Crippen molar-refractivity contribution >= 4 is 0 Å². The summed E-state index contributed by atoms with van der Waals surface area (Å²) in [7, 11) is 0. The molecule has 2 heteroatoms. The molecule has 68 valence electrons. The number of rotatable bonds is 0. The summed E-state index contributed by atoms with van der Waals surface area (Å²) in [6.45, 7) is 0.733. The topological polar surface area (TPSA) is 21.3 Å². The van der Waals surface area contributed by atoms with E-state index in [2.05, 4.69) is 5.32 Å². The monoisotopic (exact) mass is 175 g/mol. The van der Waals surface area contributed by atoms with E-state index >= 15 is 0 Å². The quantitative estimate of drug-likeness (QED) is 0.609. The number of hydrogen-bond acceptors (Lipinski definition) is 2. The van der Waals surface area contributed by atoms with Gasteiger partial charge in [-0.3, -0.25) is 0 Å². The second-order valence-corrected chi connectivity index (χ2v) is 2.36. The lowest BCUT2D eigenvalue weighted by atomic mass is 10.5. The molecule has 2 aliphatic heterocycles. The van der Waals surface area contributed by atoms with Gasteiger partial charge in [-0.1, -0.05) is 18.2 Å². The Balaban J connectivity index is 0.000000132. The minimum atomic E-state index is 0.733. The van der Waals surface area contributed by atoms with Crippen molar-refractivity contribution < 1.29 is 4.74 Å². The molecule has 0 aromatic rings. The zero-order chi connectivity index (χ0) is 9.19. The highest BCUT2D eigenvalue weighted by Crippen LogP contribution is 1.87. The molecular formula is C11H13NO. The summed E-state index contributed by atoms with van der Waals surface area (Å²) in [4.78, 5) is 0. The molecule has 2 rings (SSSR count). The van der Waals surface area contributed by atoms with Crippen molar-refractivity contribution in [2.75, 3.05) is 6.61 Å². The van der Waals surface area contributed by atoms with E-state index in [1.807, 2.05) is 54.9 Å². The third-order valence-corrected chi connectivity index (χ3v) is 1.33. The predicted octanol–water partition coefficient (Wildman–Crippen LogP) is 2.26. The van der Waals surface area contributed by atoms with E-state index in [1.54, 1.807) is 6.26 Å². The van der Waals surface area contributed by atoms with Crippen LogP contribution in [-0.4, -0.2) is 6.61 Å². The molecule has 0 radical (unpaired) electrons. The minimum Gasteiger partial charge on any atom is -0.497 e. The first kappa shape index (κ1) is 9.39. The second kappa shape index (κ2) is 6.98. The second-order valence-electron chi connectivity index (χ2n) is 2.36. The van der Waals surface area contributed by atoms with Gasteiger partial charge in [-0.15, -0.1) is 0 Å². The Morgan fingerprint density at radius 2 is 1.62 bits per heavy atom. The first-order valence-electron chi connectivity index (χ1n) is 4.18. The fourth-order valence-corrected chi connectivity index (χ4v) is 0.752. The van der Waals surface area contributed by atoms with Gasteiger partial charge < -0.3 is 10.1 Å². The van der Waals surface area contributed by atoms with Gasteiger partial charge >= 0.3 is 0 Å². The molecule has 0 bridgehead atoms. The number of hydrogen-bond donors (Lipinski definition) is 1. The molecule has 0 amide bonds. The average molecular weight is 175 g/mol. The standard InChI is InChI=1S/C6H7N.C5H6O/c1-2-4-6-7-5-3-1;1-2-4-6-5-3-1/h1-7H;1-4H,5H2. The summed E-state index contributed by atoms with van der Waals surface area (Å²) in [5, 5.41) is 2.92. The zero-order valence-electron chi connectivity index (χ0n) is 7.39. The highest BCUT2D eigenvalue weighted by Gasteiger charge is 1.75. The maximum atomic E-state index is 4.80. The molecule has 0 fully saturated rings. The molecule has 2 nitrogen and oxygen atoms in total. The van der Waals surface area contributed by atoms with Crippen molar-refractivity contribution in [3.05, 3.63) is 61.2 Å². The van der Waals surface area contributed by atoms with Gasteiger partial charge in [0.05, 0.1) is 6.26 Å². The molecule has 0 aromatic carbocycles. The minimum absolute atomic E-state index is 0.733. The molecular weight excluding hydrogens is 162 g/mol. The fourth-order valence-electron chi connectivity index (χ4n) is 0.752. The number of allylic oxidation sites excluding steroid dienone is 6. The van der Waals surface area contributed by atoms with Crippen LogP contribution < -0.4 is 5.32 Å². The summed E-state index contributed by atoms with van der Waals surface area (Å²) < 4.78 is 4.80.